The molecule has 2 rings (SSSR count). The first-order valence-electron chi connectivity index (χ1n) is 5.65. The first kappa shape index (κ1) is 14.9. The van der Waals surface area contributed by atoms with Crippen LogP contribution in [0.25, 0.3) is 0 Å². The second kappa shape index (κ2) is 6.33. The van der Waals surface area contributed by atoms with Crippen molar-refractivity contribution < 1.29 is 13.6 Å². The third-order valence-electron chi connectivity index (χ3n) is 2.64. The van der Waals surface area contributed by atoms with Gasteiger partial charge in [0.05, 0.1) is 10.6 Å². The molecule has 0 bridgehead atoms. The lowest BCUT2D eigenvalue weighted by Crippen LogP contribution is -2.23. The van der Waals surface area contributed by atoms with E-state index < -0.39 is 17.5 Å². The molecule has 0 aromatic heterocycles. The van der Waals surface area contributed by atoms with E-state index in [1.807, 2.05) is 0 Å². The Bertz CT molecular complexity index is 664. The highest BCUT2D eigenvalue weighted by molar-refractivity contribution is 9.10. The van der Waals surface area contributed by atoms with Crippen molar-refractivity contribution in [1.82, 2.24) is 5.32 Å². The van der Waals surface area contributed by atoms with Crippen molar-refractivity contribution >= 4 is 33.4 Å². The number of hydrogen-bond acceptors (Lipinski definition) is 1. The molecule has 0 aliphatic rings. The Morgan fingerprint density at radius 2 is 1.95 bits per heavy atom. The van der Waals surface area contributed by atoms with E-state index in [1.54, 1.807) is 12.1 Å². The minimum atomic E-state index is -0.673. The van der Waals surface area contributed by atoms with E-state index in [0.717, 1.165) is 6.07 Å². The number of hydrogen-bond donors (Lipinski definition) is 1. The van der Waals surface area contributed by atoms with Gasteiger partial charge in [-0.25, -0.2) is 8.78 Å². The van der Waals surface area contributed by atoms with Gasteiger partial charge in [0.15, 0.2) is 0 Å². The van der Waals surface area contributed by atoms with Gasteiger partial charge >= 0.3 is 0 Å². The summed E-state index contributed by atoms with van der Waals surface area (Å²) in [4.78, 5) is 11.9. The fourth-order valence-corrected chi connectivity index (χ4v) is 2.25. The van der Waals surface area contributed by atoms with Crippen molar-refractivity contribution in [2.45, 2.75) is 6.54 Å². The molecule has 104 valence electrons. The molecular weight excluding hydrogens is 352 g/mol. The summed E-state index contributed by atoms with van der Waals surface area (Å²) in [5, 5.41) is 2.25. The maximum absolute atomic E-state index is 13.5. The van der Waals surface area contributed by atoms with Gasteiger partial charge in [-0.2, -0.15) is 0 Å². The highest BCUT2D eigenvalue weighted by atomic mass is 79.9. The minimum absolute atomic E-state index is 0.0158. The second-order valence-electron chi connectivity index (χ2n) is 4.02. The molecular formula is C14H9BrClF2NO. The summed E-state index contributed by atoms with van der Waals surface area (Å²) in [6.45, 7) is -0.0169. The van der Waals surface area contributed by atoms with E-state index in [-0.39, 0.29) is 17.1 Å². The van der Waals surface area contributed by atoms with E-state index in [0.29, 0.717) is 10.0 Å². The molecule has 1 amide bonds. The molecule has 2 nitrogen and oxygen atoms in total. The van der Waals surface area contributed by atoms with Crippen LogP contribution in [0.2, 0.25) is 5.02 Å². The van der Waals surface area contributed by atoms with Gasteiger partial charge in [-0.3, -0.25) is 4.79 Å². The number of rotatable bonds is 3. The topological polar surface area (TPSA) is 29.1 Å². The predicted molar refractivity (Wildman–Crippen MR) is 76.7 cm³/mol. The zero-order valence-electron chi connectivity index (χ0n) is 10.1. The molecule has 2 aromatic rings. The van der Waals surface area contributed by atoms with E-state index in [4.69, 9.17) is 11.6 Å². The Labute approximate surface area is 127 Å². The quantitative estimate of drug-likeness (QED) is 0.868. The van der Waals surface area contributed by atoms with Crippen LogP contribution in [-0.2, 0) is 6.54 Å². The molecule has 0 radical (unpaired) electrons. The van der Waals surface area contributed by atoms with Crippen molar-refractivity contribution in [1.29, 1.82) is 0 Å². The summed E-state index contributed by atoms with van der Waals surface area (Å²) >= 11 is 8.93. The van der Waals surface area contributed by atoms with Crippen LogP contribution in [0, 0.1) is 11.6 Å². The predicted octanol–water partition coefficient (Wildman–Crippen LogP) is 4.31. The van der Waals surface area contributed by atoms with Crippen molar-refractivity contribution in [3.8, 4) is 0 Å². The third-order valence-corrected chi connectivity index (χ3v) is 3.52. The smallest absolute Gasteiger partial charge is 0.253 e. The highest BCUT2D eigenvalue weighted by Gasteiger charge is 2.13. The van der Waals surface area contributed by atoms with Crippen LogP contribution in [0.5, 0.6) is 0 Å². The molecule has 1 N–H and O–H groups in total. The average molecular weight is 361 g/mol. The van der Waals surface area contributed by atoms with Crippen LogP contribution < -0.4 is 5.32 Å². The van der Waals surface area contributed by atoms with Crippen molar-refractivity contribution in [2.75, 3.05) is 0 Å². The van der Waals surface area contributed by atoms with Crippen LogP contribution in [0.1, 0.15) is 15.9 Å². The first-order valence-corrected chi connectivity index (χ1v) is 6.82. The molecule has 0 aliphatic carbocycles. The van der Waals surface area contributed by atoms with Crippen molar-refractivity contribution in [2.24, 2.45) is 0 Å². The Kier molecular flexibility index (Phi) is 4.73. The standard InChI is InChI=1S/C14H9BrClF2NO/c15-9-4-5-11(17)8(6-9)7-19-14(20)10-2-1-3-12(18)13(10)16/h1-6H,7H2,(H,19,20). The summed E-state index contributed by atoms with van der Waals surface area (Å²) in [5.41, 5.74) is 0.335. The molecule has 0 atom stereocenters. The molecule has 0 fully saturated rings. The van der Waals surface area contributed by atoms with Crippen LogP contribution >= 0.6 is 27.5 Å². The molecule has 2 aromatic carbocycles. The Balaban J connectivity index is 2.13. The Morgan fingerprint density at radius 3 is 2.70 bits per heavy atom. The molecule has 0 unspecified atom stereocenters. The second-order valence-corrected chi connectivity index (χ2v) is 5.31. The zero-order valence-corrected chi connectivity index (χ0v) is 12.4. The molecule has 0 aliphatic heterocycles. The fraction of sp³-hybridized carbons (Fsp3) is 0.0714. The lowest BCUT2D eigenvalue weighted by molar-refractivity contribution is 0.0950. The largest absolute Gasteiger partial charge is 0.348 e. The van der Waals surface area contributed by atoms with Gasteiger partial charge in [-0.1, -0.05) is 33.6 Å². The van der Waals surface area contributed by atoms with Gasteiger partial charge in [-0.15, -0.1) is 0 Å². The van der Waals surface area contributed by atoms with Gasteiger partial charge in [0.1, 0.15) is 11.6 Å². The Morgan fingerprint density at radius 1 is 1.20 bits per heavy atom. The van der Waals surface area contributed by atoms with Gasteiger partial charge in [0.2, 0.25) is 0 Å². The van der Waals surface area contributed by atoms with Gasteiger partial charge in [-0.05, 0) is 30.3 Å². The van der Waals surface area contributed by atoms with Crippen molar-refractivity contribution in [3.63, 3.8) is 0 Å². The fourth-order valence-electron chi connectivity index (χ4n) is 1.63. The maximum atomic E-state index is 13.5. The van der Waals surface area contributed by atoms with Gasteiger partial charge in [0, 0.05) is 16.6 Å². The molecule has 0 saturated carbocycles. The van der Waals surface area contributed by atoms with Gasteiger partial charge in [0.25, 0.3) is 5.91 Å². The molecule has 0 heterocycles. The third kappa shape index (κ3) is 3.35. The van der Waals surface area contributed by atoms with E-state index in [2.05, 4.69) is 21.2 Å². The number of nitrogens with one attached hydrogen (secondary N) is 1. The highest BCUT2D eigenvalue weighted by Crippen LogP contribution is 2.20. The SMILES string of the molecule is O=C(NCc1cc(Br)ccc1F)c1cccc(F)c1Cl. The van der Waals surface area contributed by atoms with E-state index in [9.17, 15) is 13.6 Å². The number of halogens is 4. The van der Waals surface area contributed by atoms with Crippen LogP contribution in [0.4, 0.5) is 8.78 Å². The summed E-state index contributed by atoms with van der Waals surface area (Å²) in [6.07, 6.45) is 0. The average Bonchev–Trinajstić information content (AvgIpc) is 2.42. The van der Waals surface area contributed by atoms with Gasteiger partial charge < -0.3 is 5.32 Å². The van der Waals surface area contributed by atoms with Crippen LogP contribution in [-0.4, -0.2) is 5.91 Å². The van der Waals surface area contributed by atoms with E-state index in [1.165, 1.54) is 18.2 Å². The lowest BCUT2D eigenvalue weighted by atomic mass is 10.2. The molecule has 6 heteroatoms. The summed E-state index contributed by atoms with van der Waals surface area (Å²) in [5.74, 6) is -1.67. The summed E-state index contributed by atoms with van der Waals surface area (Å²) in [6, 6.07) is 8.36. The van der Waals surface area contributed by atoms with Crippen LogP contribution in [0.3, 0.4) is 0 Å². The number of benzene rings is 2. The monoisotopic (exact) mass is 359 g/mol. The summed E-state index contributed by atoms with van der Waals surface area (Å²) < 4.78 is 27.5. The normalized spacial score (nSPS) is 10.4. The first-order chi connectivity index (χ1) is 9.49. The van der Waals surface area contributed by atoms with E-state index >= 15 is 0 Å². The molecule has 20 heavy (non-hydrogen) atoms. The molecule has 0 saturated heterocycles. The lowest BCUT2D eigenvalue weighted by Gasteiger charge is -2.08. The minimum Gasteiger partial charge on any atom is -0.348 e. The molecule has 0 spiro atoms. The number of carbonyl (C=O) groups excluding carboxylic acids is 1. The maximum Gasteiger partial charge on any atom is 0.253 e. The summed E-state index contributed by atoms with van der Waals surface area (Å²) in [7, 11) is 0. The van der Waals surface area contributed by atoms with Crippen molar-refractivity contribution in [3.05, 3.63) is 68.7 Å². The number of carbonyl (C=O) groups is 1. The zero-order chi connectivity index (χ0) is 14.7. The number of amides is 1. The Hall–Kier alpha value is -1.46. The van der Waals surface area contributed by atoms with Crippen LogP contribution in [0.15, 0.2) is 40.9 Å².